The lowest BCUT2D eigenvalue weighted by Crippen LogP contribution is -2.30. The molecule has 0 aliphatic carbocycles. The van der Waals surface area contributed by atoms with Crippen molar-refractivity contribution < 1.29 is 0 Å². The zero-order valence-electron chi connectivity index (χ0n) is 15.1. The van der Waals surface area contributed by atoms with Gasteiger partial charge in [-0.3, -0.25) is 9.80 Å². The molecule has 0 amide bonds. The SMILES string of the molecule is Clc1cccc(C2N(Cc3ccccc3)CCN2Cc2ccccc2)c1Cl. The number of hydrogen-bond donors (Lipinski definition) is 0. The first-order valence-electron chi connectivity index (χ1n) is 9.22. The van der Waals surface area contributed by atoms with Gasteiger partial charge < -0.3 is 0 Å². The molecule has 1 aliphatic rings. The van der Waals surface area contributed by atoms with Crippen molar-refractivity contribution in [2.45, 2.75) is 19.3 Å². The lowest BCUT2D eigenvalue weighted by Gasteiger charge is -2.31. The second-order valence-corrected chi connectivity index (χ2v) is 7.71. The molecule has 0 saturated carbocycles. The predicted molar refractivity (Wildman–Crippen MR) is 113 cm³/mol. The molecule has 1 fully saturated rings. The number of hydrogen-bond acceptors (Lipinski definition) is 2. The van der Waals surface area contributed by atoms with Gasteiger partial charge >= 0.3 is 0 Å². The van der Waals surface area contributed by atoms with Crippen molar-refractivity contribution in [3.63, 3.8) is 0 Å². The highest BCUT2D eigenvalue weighted by Gasteiger charge is 2.34. The molecule has 1 saturated heterocycles. The van der Waals surface area contributed by atoms with Gasteiger partial charge in [0.1, 0.15) is 0 Å². The number of rotatable bonds is 5. The summed E-state index contributed by atoms with van der Waals surface area (Å²) in [6.07, 6.45) is 0.108. The molecule has 2 nitrogen and oxygen atoms in total. The molecule has 0 radical (unpaired) electrons. The molecule has 3 aromatic rings. The zero-order chi connectivity index (χ0) is 18.6. The van der Waals surface area contributed by atoms with Crippen LogP contribution >= 0.6 is 23.2 Å². The minimum Gasteiger partial charge on any atom is -0.278 e. The largest absolute Gasteiger partial charge is 0.278 e. The summed E-state index contributed by atoms with van der Waals surface area (Å²) in [6.45, 7) is 3.77. The third-order valence-electron chi connectivity index (χ3n) is 5.08. The molecule has 1 heterocycles. The molecule has 0 atom stereocenters. The lowest BCUT2D eigenvalue weighted by molar-refractivity contribution is 0.126. The van der Waals surface area contributed by atoms with Crippen molar-refractivity contribution in [2.24, 2.45) is 0 Å². The summed E-state index contributed by atoms with van der Waals surface area (Å²) in [7, 11) is 0. The van der Waals surface area contributed by atoms with E-state index in [-0.39, 0.29) is 6.17 Å². The topological polar surface area (TPSA) is 6.48 Å². The molecule has 1 aliphatic heterocycles. The first kappa shape index (κ1) is 18.5. The summed E-state index contributed by atoms with van der Waals surface area (Å²) in [5, 5.41) is 1.27. The van der Waals surface area contributed by atoms with E-state index in [1.54, 1.807) is 0 Å². The third-order valence-corrected chi connectivity index (χ3v) is 5.92. The van der Waals surface area contributed by atoms with Gasteiger partial charge in [0.2, 0.25) is 0 Å². The van der Waals surface area contributed by atoms with Crippen LogP contribution in [0.5, 0.6) is 0 Å². The van der Waals surface area contributed by atoms with Gasteiger partial charge in [0.25, 0.3) is 0 Å². The van der Waals surface area contributed by atoms with Gasteiger partial charge in [0, 0.05) is 31.7 Å². The average Bonchev–Trinajstić information content (AvgIpc) is 3.07. The Morgan fingerprint density at radius 1 is 0.667 bits per heavy atom. The van der Waals surface area contributed by atoms with Crippen LogP contribution in [0.1, 0.15) is 22.9 Å². The van der Waals surface area contributed by atoms with E-state index in [9.17, 15) is 0 Å². The van der Waals surface area contributed by atoms with Gasteiger partial charge in [0.05, 0.1) is 16.2 Å². The maximum Gasteiger partial charge on any atom is 0.0908 e. The first-order chi connectivity index (χ1) is 13.2. The van der Waals surface area contributed by atoms with Crippen molar-refractivity contribution in [3.05, 3.63) is 106 Å². The van der Waals surface area contributed by atoms with E-state index in [1.165, 1.54) is 11.1 Å². The quantitative estimate of drug-likeness (QED) is 0.520. The molecule has 3 aromatic carbocycles. The van der Waals surface area contributed by atoms with Gasteiger partial charge in [-0.15, -0.1) is 0 Å². The fourth-order valence-electron chi connectivity index (χ4n) is 3.81. The molecule has 4 rings (SSSR count). The third kappa shape index (κ3) is 4.20. The normalized spacial score (nSPS) is 16.1. The van der Waals surface area contributed by atoms with Crippen LogP contribution in [0.4, 0.5) is 0 Å². The Hall–Kier alpha value is -1.84. The number of halogens is 2. The van der Waals surface area contributed by atoms with Gasteiger partial charge in [-0.05, 0) is 17.2 Å². The molecule has 0 bridgehead atoms. The Kier molecular flexibility index (Phi) is 5.80. The predicted octanol–water partition coefficient (Wildman–Crippen LogP) is 6.01. The molecular weight excluding hydrogens is 375 g/mol. The van der Waals surface area contributed by atoms with E-state index < -0.39 is 0 Å². The van der Waals surface area contributed by atoms with E-state index in [0.717, 1.165) is 31.7 Å². The monoisotopic (exact) mass is 396 g/mol. The van der Waals surface area contributed by atoms with E-state index in [0.29, 0.717) is 10.0 Å². The molecule has 0 N–H and O–H groups in total. The second-order valence-electron chi connectivity index (χ2n) is 6.93. The molecule has 0 unspecified atom stereocenters. The van der Waals surface area contributed by atoms with Crippen LogP contribution in [0, 0.1) is 0 Å². The zero-order valence-corrected chi connectivity index (χ0v) is 16.6. The Morgan fingerprint density at radius 3 is 1.70 bits per heavy atom. The summed E-state index contributed by atoms with van der Waals surface area (Å²) in [5.41, 5.74) is 3.69. The molecular formula is C23H22Cl2N2. The minimum atomic E-state index is 0.108. The van der Waals surface area contributed by atoms with E-state index in [4.69, 9.17) is 23.2 Å². The lowest BCUT2D eigenvalue weighted by atomic mass is 10.1. The highest BCUT2D eigenvalue weighted by molar-refractivity contribution is 6.42. The van der Waals surface area contributed by atoms with Gasteiger partial charge in [-0.2, -0.15) is 0 Å². The van der Waals surface area contributed by atoms with Crippen LogP contribution in [-0.2, 0) is 13.1 Å². The standard InChI is InChI=1S/C23H22Cl2N2/c24-21-13-7-12-20(22(21)25)23-26(16-18-8-3-1-4-9-18)14-15-27(23)17-19-10-5-2-6-11-19/h1-13,23H,14-17H2. The average molecular weight is 397 g/mol. The van der Waals surface area contributed by atoms with Crippen molar-refractivity contribution in [1.29, 1.82) is 0 Å². The van der Waals surface area contributed by atoms with Crippen LogP contribution in [-0.4, -0.2) is 22.9 Å². The van der Waals surface area contributed by atoms with Gasteiger partial charge in [-0.1, -0.05) is 96.0 Å². The maximum atomic E-state index is 6.62. The fourth-order valence-corrected chi connectivity index (χ4v) is 4.22. The summed E-state index contributed by atoms with van der Waals surface area (Å²) in [5.74, 6) is 0. The fraction of sp³-hybridized carbons (Fsp3) is 0.217. The summed E-state index contributed by atoms with van der Waals surface area (Å²) in [4.78, 5) is 4.96. The molecule has 0 aromatic heterocycles. The van der Waals surface area contributed by atoms with Crippen LogP contribution in [0.2, 0.25) is 10.0 Å². The Labute approximate surface area is 170 Å². The highest BCUT2D eigenvalue weighted by atomic mass is 35.5. The maximum absolute atomic E-state index is 6.62. The van der Waals surface area contributed by atoms with E-state index in [1.807, 2.05) is 12.1 Å². The highest BCUT2D eigenvalue weighted by Crippen LogP contribution is 2.38. The van der Waals surface area contributed by atoms with Gasteiger partial charge in [0.15, 0.2) is 0 Å². The number of benzene rings is 3. The summed E-state index contributed by atoms with van der Waals surface area (Å²) in [6, 6.07) is 27.1. The van der Waals surface area contributed by atoms with Crippen molar-refractivity contribution in [1.82, 2.24) is 9.80 Å². The van der Waals surface area contributed by atoms with Crippen LogP contribution < -0.4 is 0 Å². The first-order valence-corrected chi connectivity index (χ1v) is 9.98. The van der Waals surface area contributed by atoms with Gasteiger partial charge in [-0.25, -0.2) is 0 Å². The minimum absolute atomic E-state index is 0.108. The van der Waals surface area contributed by atoms with Crippen molar-refractivity contribution >= 4 is 23.2 Å². The van der Waals surface area contributed by atoms with Crippen LogP contribution in [0.15, 0.2) is 78.9 Å². The van der Waals surface area contributed by atoms with E-state index in [2.05, 4.69) is 76.5 Å². The Morgan fingerprint density at radius 2 is 1.19 bits per heavy atom. The van der Waals surface area contributed by atoms with E-state index >= 15 is 0 Å². The smallest absolute Gasteiger partial charge is 0.0908 e. The Balaban J connectivity index is 1.66. The molecule has 4 heteroatoms. The Bertz CT molecular complexity index is 834. The van der Waals surface area contributed by atoms with Crippen molar-refractivity contribution in [3.8, 4) is 0 Å². The van der Waals surface area contributed by atoms with Crippen molar-refractivity contribution in [2.75, 3.05) is 13.1 Å². The van der Waals surface area contributed by atoms with Crippen LogP contribution in [0.25, 0.3) is 0 Å². The summed E-state index contributed by atoms with van der Waals surface area (Å²) < 4.78 is 0. The number of nitrogens with zero attached hydrogens (tertiary/aromatic N) is 2. The molecule has 27 heavy (non-hydrogen) atoms. The second kappa shape index (κ2) is 8.45. The summed E-state index contributed by atoms with van der Waals surface area (Å²) >= 11 is 13.0. The molecule has 138 valence electrons. The van der Waals surface area contributed by atoms with Crippen LogP contribution in [0.3, 0.4) is 0 Å². The molecule has 0 spiro atoms.